The van der Waals surface area contributed by atoms with Crippen molar-refractivity contribution in [1.82, 2.24) is 14.6 Å². The highest BCUT2D eigenvalue weighted by Crippen LogP contribution is 2.39. The third kappa shape index (κ3) is 2.57. The molecule has 4 nitrogen and oxygen atoms in total. The zero-order valence-electron chi connectivity index (χ0n) is 13.4. The molecule has 2 aromatic carbocycles. The zero-order valence-corrected chi connectivity index (χ0v) is 13.4. The number of alkyl halides is 3. The van der Waals surface area contributed by atoms with Gasteiger partial charge in [-0.15, -0.1) is 0 Å². The summed E-state index contributed by atoms with van der Waals surface area (Å²) in [5.41, 5.74) is 6.79. The first-order chi connectivity index (χ1) is 12.5. The Hall–Kier alpha value is -3.35. The number of rotatable bonds is 2. The number of benzene rings is 2. The lowest BCUT2D eigenvalue weighted by molar-refractivity contribution is -0.140. The van der Waals surface area contributed by atoms with Gasteiger partial charge in [0.05, 0.1) is 5.56 Å². The summed E-state index contributed by atoms with van der Waals surface area (Å²) in [6.45, 7) is 0. The Kier molecular flexibility index (Phi) is 3.64. The van der Waals surface area contributed by atoms with Gasteiger partial charge in [0.2, 0.25) is 0 Å². The summed E-state index contributed by atoms with van der Waals surface area (Å²) in [7, 11) is 0. The van der Waals surface area contributed by atoms with Crippen molar-refractivity contribution in [3.05, 3.63) is 72.6 Å². The van der Waals surface area contributed by atoms with E-state index in [0.29, 0.717) is 11.1 Å². The van der Waals surface area contributed by atoms with E-state index in [-0.39, 0.29) is 17.0 Å². The Morgan fingerprint density at radius 2 is 1.42 bits per heavy atom. The summed E-state index contributed by atoms with van der Waals surface area (Å²) in [4.78, 5) is 4.25. The minimum absolute atomic E-state index is 0.0701. The first kappa shape index (κ1) is 16.1. The van der Waals surface area contributed by atoms with Crippen molar-refractivity contribution < 1.29 is 13.2 Å². The normalized spacial score (nSPS) is 11.8. The summed E-state index contributed by atoms with van der Waals surface area (Å²) >= 11 is 0. The van der Waals surface area contributed by atoms with E-state index in [1.807, 2.05) is 30.3 Å². The quantitative estimate of drug-likeness (QED) is 0.569. The summed E-state index contributed by atoms with van der Waals surface area (Å²) in [6.07, 6.45) is -3.15. The first-order valence-electron chi connectivity index (χ1n) is 7.82. The van der Waals surface area contributed by atoms with E-state index < -0.39 is 11.9 Å². The molecule has 0 radical (unpaired) electrons. The third-order valence-corrected chi connectivity index (χ3v) is 4.10. The van der Waals surface area contributed by atoms with Crippen molar-refractivity contribution in [3.8, 4) is 22.3 Å². The molecule has 0 fully saturated rings. The van der Waals surface area contributed by atoms with Gasteiger partial charge in [-0.1, -0.05) is 60.7 Å². The monoisotopic (exact) mass is 354 g/mol. The lowest BCUT2D eigenvalue weighted by atomic mass is 10.1. The number of hydrogen-bond acceptors (Lipinski definition) is 3. The van der Waals surface area contributed by atoms with Crippen molar-refractivity contribution in [3.63, 3.8) is 0 Å². The van der Waals surface area contributed by atoms with Crippen molar-refractivity contribution in [2.75, 3.05) is 5.73 Å². The van der Waals surface area contributed by atoms with Gasteiger partial charge < -0.3 is 5.73 Å². The number of anilines is 1. The Balaban J connectivity index is 2.04. The minimum Gasteiger partial charge on any atom is -0.383 e. The van der Waals surface area contributed by atoms with Crippen LogP contribution in [0.2, 0.25) is 0 Å². The molecule has 4 aromatic rings. The Labute approximate surface area is 146 Å². The second-order valence-corrected chi connectivity index (χ2v) is 5.75. The molecular formula is C19H13F3N4. The molecule has 0 aliphatic rings. The van der Waals surface area contributed by atoms with E-state index in [1.54, 1.807) is 30.3 Å². The maximum absolute atomic E-state index is 13.6. The molecule has 7 heteroatoms. The van der Waals surface area contributed by atoms with Crippen LogP contribution < -0.4 is 5.73 Å². The van der Waals surface area contributed by atoms with Crippen molar-refractivity contribution in [2.24, 2.45) is 0 Å². The standard InChI is InChI=1S/C19H13F3N4/c20-19(21,22)16-15(13-9-5-2-6-10-13)18-24-11-14(17(23)26(18)25-16)12-7-3-1-4-8-12/h1-11H,23H2. The topological polar surface area (TPSA) is 56.2 Å². The van der Waals surface area contributed by atoms with Crippen LogP contribution >= 0.6 is 0 Å². The molecule has 130 valence electrons. The zero-order chi connectivity index (χ0) is 18.3. The molecule has 0 saturated heterocycles. The molecule has 2 N–H and O–H groups in total. The molecule has 0 spiro atoms. The second kappa shape index (κ2) is 5.87. The number of nitrogens with zero attached hydrogens (tertiary/aromatic N) is 3. The van der Waals surface area contributed by atoms with Crippen molar-refractivity contribution >= 4 is 11.5 Å². The molecule has 26 heavy (non-hydrogen) atoms. The SMILES string of the molecule is Nc1c(-c2ccccc2)cnc2c(-c3ccccc3)c(C(F)(F)F)nn12. The van der Waals surface area contributed by atoms with Crippen LogP contribution in [0, 0.1) is 0 Å². The van der Waals surface area contributed by atoms with Gasteiger partial charge in [0.15, 0.2) is 11.3 Å². The lowest BCUT2D eigenvalue weighted by Gasteiger charge is -2.07. The predicted molar refractivity (Wildman–Crippen MR) is 93.3 cm³/mol. The maximum Gasteiger partial charge on any atom is 0.435 e. The van der Waals surface area contributed by atoms with E-state index in [1.165, 1.54) is 6.20 Å². The highest BCUT2D eigenvalue weighted by Gasteiger charge is 2.39. The van der Waals surface area contributed by atoms with Crippen LogP contribution in [0.1, 0.15) is 5.69 Å². The molecule has 0 aliphatic heterocycles. The van der Waals surface area contributed by atoms with Gasteiger partial charge in [0.1, 0.15) is 5.82 Å². The highest BCUT2D eigenvalue weighted by atomic mass is 19.4. The van der Waals surface area contributed by atoms with Gasteiger partial charge in [-0.2, -0.15) is 22.8 Å². The van der Waals surface area contributed by atoms with Gasteiger partial charge in [0.25, 0.3) is 0 Å². The summed E-state index contributed by atoms with van der Waals surface area (Å²) < 4.78 is 41.8. The Morgan fingerprint density at radius 3 is 2.00 bits per heavy atom. The van der Waals surface area contributed by atoms with Crippen LogP contribution in [-0.2, 0) is 6.18 Å². The van der Waals surface area contributed by atoms with Gasteiger partial charge >= 0.3 is 6.18 Å². The van der Waals surface area contributed by atoms with E-state index in [9.17, 15) is 13.2 Å². The van der Waals surface area contributed by atoms with Crippen LogP contribution in [0.4, 0.5) is 19.0 Å². The number of hydrogen-bond donors (Lipinski definition) is 1. The highest BCUT2D eigenvalue weighted by molar-refractivity contribution is 5.84. The Morgan fingerprint density at radius 1 is 0.846 bits per heavy atom. The number of nitrogen functional groups attached to an aromatic ring is 1. The molecule has 2 heterocycles. The molecule has 4 rings (SSSR count). The summed E-state index contributed by atoms with van der Waals surface area (Å²) in [5, 5.41) is 3.75. The summed E-state index contributed by atoms with van der Waals surface area (Å²) in [5.74, 6) is 0.105. The van der Waals surface area contributed by atoms with Crippen LogP contribution in [0.15, 0.2) is 66.9 Å². The smallest absolute Gasteiger partial charge is 0.383 e. The second-order valence-electron chi connectivity index (χ2n) is 5.75. The average Bonchev–Trinajstić information content (AvgIpc) is 3.04. The first-order valence-corrected chi connectivity index (χ1v) is 7.82. The van der Waals surface area contributed by atoms with Crippen molar-refractivity contribution in [1.29, 1.82) is 0 Å². The average molecular weight is 354 g/mol. The van der Waals surface area contributed by atoms with E-state index in [2.05, 4.69) is 10.1 Å². The lowest BCUT2D eigenvalue weighted by Crippen LogP contribution is -2.08. The van der Waals surface area contributed by atoms with Crippen LogP contribution in [-0.4, -0.2) is 14.6 Å². The molecule has 0 amide bonds. The van der Waals surface area contributed by atoms with Gasteiger partial charge in [-0.05, 0) is 11.1 Å². The van der Waals surface area contributed by atoms with Gasteiger partial charge in [-0.3, -0.25) is 0 Å². The van der Waals surface area contributed by atoms with Crippen LogP contribution in [0.25, 0.3) is 27.9 Å². The molecule has 0 saturated carbocycles. The van der Waals surface area contributed by atoms with E-state index in [4.69, 9.17) is 5.73 Å². The fourth-order valence-corrected chi connectivity index (χ4v) is 2.91. The molecule has 0 bridgehead atoms. The third-order valence-electron chi connectivity index (χ3n) is 4.10. The number of nitrogens with two attached hydrogens (primary N) is 1. The van der Waals surface area contributed by atoms with Crippen LogP contribution in [0.5, 0.6) is 0 Å². The van der Waals surface area contributed by atoms with Crippen LogP contribution in [0.3, 0.4) is 0 Å². The predicted octanol–water partition coefficient (Wildman–Crippen LogP) is 4.66. The molecule has 2 aromatic heterocycles. The maximum atomic E-state index is 13.6. The fraction of sp³-hybridized carbons (Fsp3) is 0.0526. The molecular weight excluding hydrogens is 341 g/mol. The largest absolute Gasteiger partial charge is 0.435 e. The molecule has 0 aliphatic carbocycles. The minimum atomic E-state index is -4.63. The van der Waals surface area contributed by atoms with E-state index >= 15 is 0 Å². The summed E-state index contributed by atoms with van der Waals surface area (Å²) in [6, 6.07) is 17.4. The fourth-order valence-electron chi connectivity index (χ4n) is 2.91. The molecule has 0 atom stereocenters. The number of aromatic nitrogens is 3. The van der Waals surface area contributed by atoms with Crippen molar-refractivity contribution in [2.45, 2.75) is 6.18 Å². The molecule has 0 unspecified atom stereocenters. The number of halogens is 3. The van der Waals surface area contributed by atoms with Gasteiger partial charge in [-0.25, -0.2) is 4.98 Å². The Bertz CT molecular complexity index is 1070. The van der Waals surface area contributed by atoms with Gasteiger partial charge in [0, 0.05) is 11.8 Å². The van der Waals surface area contributed by atoms with E-state index in [0.717, 1.165) is 10.1 Å². The number of fused-ring (bicyclic) bond motifs is 1.